The molecule has 0 saturated carbocycles. The summed E-state index contributed by atoms with van der Waals surface area (Å²) in [7, 11) is 0. The van der Waals surface area contributed by atoms with E-state index in [-0.39, 0.29) is 6.61 Å². The van der Waals surface area contributed by atoms with Crippen LogP contribution in [0.25, 0.3) is 10.8 Å². The van der Waals surface area contributed by atoms with Crippen molar-refractivity contribution in [2.75, 3.05) is 11.9 Å². The van der Waals surface area contributed by atoms with Gasteiger partial charge in [-0.1, -0.05) is 36.4 Å². The SMILES string of the molecule is OCC=CNc1cccc2ccccc12. The van der Waals surface area contributed by atoms with Crippen LogP contribution < -0.4 is 5.32 Å². The highest BCUT2D eigenvalue weighted by Gasteiger charge is 1.96. The highest BCUT2D eigenvalue weighted by atomic mass is 16.2. The molecule has 0 fully saturated rings. The zero-order valence-electron chi connectivity index (χ0n) is 8.35. The fourth-order valence-electron chi connectivity index (χ4n) is 1.55. The van der Waals surface area contributed by atoms with Gasteiger partial charge >= 0.3 is 0 Å². The molecule has 0 aliphatic rings. The molecule has 2 N–H and O–H groups in total. The fourth-order valence-corrected chi connectivity index (χ4v) is 1.55. The molecule has 2 aromatic carbocycles. The molecule has 0 saturated heterocycles. The van der Waals surface area contributed by atoms with E-state index in [1.807, 2.05) is 24.3 Å². The van der Waals surface area contributed by atoms with Crippen molar-refractivity contribution in [2.45, 2.75) is 0 Å². The van der Waals surface area contributed by atoms with Crippen LogP contribution in [0, 0.1) is 0 Å². The van der Waals surface area contributed by atoms with Crippen LogP contribution in [0.4, 0.5) is 5.69 Å². The number of aliphatic hydroxyl groups excluding tert-OH is 1. The number of rotatable bonds is 3. The lowest BCUT2D eigenvalue weighted by Crippen LogP contribution is -1.89. The summed E-state index contributed by atoms with van der Waals surface area (Å²) in [5, 5.41) is 14.2. The molecule has 0 radical (unpaired) electrons. The van der Waals surface area contributed by atoms with Crippen LogP contribution in [0.3, 0.4) is 0 Å². The number of hydrogen-bond donors (Lipinski definition) is 2. The first-order chi connectivity index (χ1) is 7.42. The van der Waals surface area contributed by atoms with Gasteiger partial charge in [0.2, 0.25) is 0 Å². The molecule has 2 rings (SSSR count). The minimum atomic E-state index is 0.0533. The third-order valence-electron chi connectivity index (χ3n) is 2.25. The Morgan fingerprint density at radius 3 is 2.73 bits per heavy atom. The van der Waals surface area contributed by atoms with E-state index in [2.05, 4.69) is 23.5 Å². The lowest BCUT2D eigenvalue weighted by Gasteiger charge is -2.05. The molecule has 0 unspecified atom stereocenters. The van der Waals surface area contributed by atoms with Crippen molar-refractivity contribution in [1.29, 1.82) is 0 Å². The first-order valence-corrected chi connectivity index (χ1v) is 4.92. The maximum absolute atomic E-state index is 8.63. The molecule has 0 aliphatic heterocycles. The van der Waals surface area contributed by atoms with Gasteiger partial charge in [0.1, 0.15) is 0 Å². The van der Waals surface area contributed by atoms with Gasteiger partial charge in [0, 0.05) is 11.1 Å². The number of nitrogens with one attached hydrogen (secondary N) is 1. The van der Waals surface area contributed by atoms with Gasteiger partial charge < -0.3 is 10.4 Å². The van der Waals surface area contributed by atoms with E-state index in [1.165, 1.54) is 10.8 Å². The first-order valence-electron chi connectivity index (χ1n) is 4.92. The molecule has 15 heavy (non-hydrogen) atoms. The van der Waals surface area contributed by atoms with Crippen molar-refractivity contribution >= 4 is 16.5 Å². The van der Waals surface area contributed by atoms with Crippen LogP contribution in [0.2, 0.25) is 0 Å². The number of fused-ring (bicyclic) bond motifs is 1. The fraction of sp³-hybridized carbons (Fsp3) is 0.0769. The summed E-state index contributed by atoms with van der Waals surface area (Å²) in [6.45, 7) is 0.0533. The monoisotopic (exact) mass is 199 g/mol. The molecule has 0 aliphatic carbocycles. The predicted octanol–water partition coefficient (Wildman–Crippen LogP) is 2.76. The van der Waals surface area contributed by atoms with Gasteiger partial charge in [-0.3, -0.25) is 0 Å². The summed E-state index contributed by atoms with van der Waals surface area (Å²) in [4.78, 5) is 0. The Balaban J connectivity index is 2.38. The van der Waals surface area contributed by atoms with Gasteiger partial charge in [-0.15, -0.1) is 0 Å². The van der Waals surface area contributed by atoms with Crippen LogP contribution in [0.5, 0.6) is 0 Å². The maximum atomic E-state index is 8.63. The number of aliphatic hydroxyl groups is 1. The molecule has 0 aromatic heterocycles. The minimum Gasteiger partial charge on any atom is -0.392 e. The van der Waals surface area contributed by atoms with Gasteiger partial charge in [-0.25, -0.2) is 0 Å². The quantitative estimate of drug-likeness (QED) is 0.796. The summed E-state index contributed by atoms with van der Waals surface area (Å²) in [6.07, 6.45) is 3.42. The zero-order chi connectivity index (χ0) is 10.5. The summed E-state index contributed by atoms with van der Waals surface area (Å²) in [5.74, 6) is 0. The molecule has 0 amide bonds. The Kier molecular flexibility index (Phi) is 3.00. The Labute approximate surface area is 88.9 Å². The number of benzene rings is 2. The maximum Gasteiger partial charge on any atom is 0.0629 e. The van der Waals surface area contributed by atoms with Gasteiger partial charge in [-0.2, -0.15) is 0 Å². The van der Waals surface area contributed by atoms with Crippen LogP contribution in [0.15, 0.2) is 54.7 Å². The second-order valence-electron chi connectivity index (χ2n) is 3.26. The van der Waals surface area contributed by atoms with E-state index in [9.17, 15) is 0 Å². The van der Waals surface area contributed by atoms with Crippen LogP contribution in [-0.4, -0.2) is 11.7 Å². The van der Waals surface area contributed by atoms with E-state index in [0.29, 0.717) is 0 Å². The third kappa shape index (κ3) is 2.17. The third-order valence-corrected chi connectivity index (χ3v) is 2.25. The first kappa shape index (κ1) is 9.74. The van der Waals surface area contributed by atoms with Crippen LogP contribution >= 0.6 is 0 Å². The van der Waals surface area contributed by atoms with Crippen molar-refractivity contribution in [1.82, 2.24) is 0 Å². The van der Waals surface area contributed by atoms with E-state index < -0.39 is 0 Å². The Hall–Kier alpha value is -1.80. The molecule has 0 spiro atoms. The normalized spacial score (nSPS) is 11.0. The Bertz CT molecular complexity index is 471. The number of hydrogen-bond acceptors (Lipinski definition) is 2. The summed E-state index contributed by atoms with van der Waals surface area (Å²) < 4.78 is 0. The van der Waals surface area contributed by atoms with E-state index in [1.54, 1.807) is 12.3 Å². The van der Waals surface area contributed by atoms with Gasteiger partial charge in [-0.05, 0) is 23.7 Å². The average Bonchev–Trinajstić information content (AvgIpc) is 2.30. The van der Waals surface area contributed by atoms with Crippen molar-refractivity contribution in [3.05, 3.63) is 54.7 Å². The Morgan fingerprint density at radius 1 is 1.07 bits per heavy atom. The average molecular weight is 199 g/mol. The van der Waals surface area contributed by atoms with Crippen molar-refractivity contribution in [3.63, 3.8) is 0 Å². The Morgan fingerprint density at radius 2 is 1.87 bits per heavy atom. The van der Waals surface area contributed by atoms with E-state index in [4.69, 9.17) is 5.11 Å². The highest BCUT2D eigenvalue weighted by Crippen LogP contribution is 2.22. The second-order valence-corrected chi connectivity index (χ2v) is 3.26. The molecule has 76 valence electrons. The second kappa shape index (κ2) is 4.62. The zero-order valence-corrected chi connectivity index (χ0v) is 8.35. The molecule has 0 bridgehead atoms. The lowest BCUT2D eigenvalue weighted by molar-refractivity contribution is 0.342. The lowest BCUT2D eigenvalue weighted by atomic mass is 10.1. The van der Waals surface area contributed by atoms with Crippen LogP contribution in [-0.2, 0) is 0 Å². The van der Waals surface area contributed by atoms with Crippen molar-refractivity contribution in [2.24, 2.45) is 0 Å². The van der Waals surface area contributed by atoms with E-state index >= 15 is 0 Å². The smallest absolute Gasteiger partial charge is 0.0629 e. The van der Waals surface area contributed by atoms with E-state index in [0.717, 1.165) is 5.69 Å². The number of anilines is 1. The predicted molar refractivity (Wildman–Crippen MR) is 63.8 cm³/mol. The topological polar surface area (TPSA) is 32.3 Å². The molecule has 2 nitrogen and oxygen atoms in total. The molecule has 0 atom stereocenters. The largest absolute Gasteiger partial charge is 0.392 e. The molecule has 2 aromatic rings. The minimum absolute atomic E-state index is 0.0533. The highest BCUT2D eigenvalue weighted by molar-refractivity contribution is 5.94. The molecule has 2 heteroatoms. The van der Waals surface area contributed by atoms with Crippen molar-refractivity contribution in [3.8, 4) is 0 Å². The van der Waals surface area contributed by atoms with Gasteiger partial charge in [0.25, 0.3) is 0 Å². The molecule has 0 heterocycles. The van der Waals surface area contributed by atoms with Gasteiger partial charge in [0.05, 0.1) is 6.61 Å². The summed E-state index contributed by atoms with van der Waals surface area (Å²) in [5.41, 5.74) is 1.05. The van der Waals surface area contributed by atoms with Gasteiger partial charge in [0.15, 0.2) is 0 Å². The van der Waals surface area contributed by atoms with Crippen LogP contribution in [0.1, 0.15) is 0 Å². The molecular formula is C13H13NO. The molecular weight excluding hydrogens is 186 g/mol. The summed E-state index contributed by atoms with van der Waals surface area (Å²) >= 11 is 0. The van der Waals surface area contributed by atoms with Crippen molar-refractivity contribution < 1.29 is 5.11 Å². The summed E-state index contributed by atoms with van der Waals surface area (Å²) in [6, 6.07) is 14.3. The standard InChI is InChI=1S/C13H13NO/c15-10-4-9-14-13-8-3-6-11-5-1-2-7-12(11)13/h1-9,14-15H,10H2.